The van der Waals surface area contributed by atoms with Crippen LogP contribution in [0.2, 0.25) is 0 Å². The van der Waals surface area contributed by atoms with Gasteiger partial charge in [0.05, 0.1) is 0 Å². The number of carboxylic acid groups (broad SMARTS) is 1. The lowest BCUT2D eigenvalue weighted by atomic mass is 9.68. The van der Waals surface area contributed by atoms with Gasteiger partial charge in [-0.2, -0.15) is 0 Å². The molecule has 0 bridgehead atoms. The van der Waals surface area contributed by atoms with Crippen LogP contribution in [0.1, 0.15) is 37.7 Å². The van der Waals surface area contributed by atoms with E-state index in [1.54, 1.807) is 4.90 Å². The predicted octanol–water partition coefficient (Wildman–Crippen LogP) is 1.59. The number of nitrogens with one attached hydrogen (secondary N) is 1. The molecule has 0 spiro atoms. The van der Waals surface area contributed by atoms with E-state index in [4.69, 9.17) is 0 Å². The van der Waals surface area contributed by atoms with Crippen LogP contribution >= 0.6 is 0 Å². The van der Waals surface area contributed by atoms with Crippen LogP contribution in [0.15, 0.2) is 30.3 Å². The van der Waals surface area contributed by atoms with E-state index >= 15 is 0 Å². The maximum atomic E-state index is 12.3. The van der Waals surface area contributed by atoms with Crippen molar-refractivity contribution < 1.29 is 19.5 Å². The van der Waals surface area contributed by atoms with Crippen molar-refractivity contribution in [2.45, 2.75) is 44.6 Å². The first-order chi connectivity index (χ1) is 12.0. The lowest BCUT2D eigenvalue weighted by Gasteiger charge is -2.36. The quantitative estimate of drug-likeness (QED) is 0.767. The van der Waals surface area contributed by atoms with Crippen molar-refractivity contribution in [2.24, 2.45) is 5.41 Å². The summed E-state index contributed by atoms with van der Waals surface area (Å²) in [4.78, 5) is 37.8. The minimum Gasteiger partial charge on any atom is -0.480 e. The summed E-state index contributed by atoms with van der Waals surface area (Å²) in [7, 11) is 0. The number of nitrogens with zero attached hydrogens (tertiary/aromatic N) is 1. The van der Waals surface area contributed by atoms with E-state index in [1.165, 1.54) is 0 Å². The fourth-order valence-electron chi connectivity index (χ4n) is 3.55. The van der Waals surface area contributed by atoms with Gasteiger partial charge in [0.15, 0.2) is 0 Å². The van der Waals surface area contributed by atoms with Gasteiger partial charge in [0.2, 0.25) is 11.8 Å². The van der Waals surface area contributed by atoms with Crippen LogP contribution in [-0.4, -0.2) is 46.9 Å². The molecular formula is C19H24N2O4. The van der Waals surface area contributed by atoms with Crippen molar-refractivity contribution >= 4 is 17.8 Å². The molecule has 0 aromatic heterocycles. The highest BCUT2D eigenvalue weighted by Gasteiger charge is 2.51. The number of benzene rings is 1. The Bertz CT molecular complexity index is 655. The molecule has 3 rings (SSSR count). The summed E-state index contributed by atoms with van der Waals surface area (Å²) in [5.74, 6) is -1.35. The molecule has 2 aliphatic rings. The molecule has 1 saturated carbocycles. The fourth-order valence-corrected chi connectivity index (χ4v) is 3.55. The first kappa shape index (κ1) is 17.5. The smallest absolute Gasteiger partial charge is 0.319 e. The third-order valence-corrected chi connectivity index (χ3v) is 5.40. The number of carboxylic acids is 1. The predicted molar refractivity (Wildman–Crippen MR) is 91.8 cm³/mol. The molecule has 6 nitrogen and oxygen atoms in total. The zero-order valence-corrected chi connectivity index (χ0v) is 14.2. The number of hydrogen-bond donors (Lipinski definition) is 2. The maximum Gasteiger partial charge on any atom is 0.319 e. The van der Waals surface area contributed by atoms with Crippen LogP contribution in [0.25, 0.3) is 0 Å². The minimum atomic E-state index is -1.25. The molecular weight excluding hydrogens is 320 g/mol. The van der Waals surface area contributed by atoms with E-state index in [1.807, 2.05) is 30.3 Å². The van der Waals surface area contributed by atoms with Crippen LogP contribution in [0.3, 0.4) is 0 Å². The highest BCUT2D eigenvalue weighted by Crippen LogP contribution is 2.41. The van der Waals surface area contributed by atoms with Crippen LogP contribution in [0.5, 0.6) is 0 Å². The molecule has 1 aliphatic carbocycles. The second kappa shape index (κ2) is 7.25. The monoisotopic (exact) mass is 344 g/mol. The lowest BCUT2D eigenvalue weighted by Crippen LogP contribution is -2.54. The number of rotatable bonds is 6. The van der Waals surface area contributed by atoms with Crippen LogP contribution < -0.4 is 5.32 Å². The van der Waals surface area contributed by atoms with Gasteiger partial charge in [-0.15, -0.1) is 0 Å². The molecule has 0 radical (unpaired) electrons. The lowest BCUT2D eigenvalue weighted by molar-refractivity contribution is -0.162. The standard InChI is InChI=1S/C19H24N2O4/c22-16(8-7-14-5-2-1-3-6-14)21-12-9-15(13-21)20-17(23)19(18(24)25)10-4-11-19/h1-3,5-6,15H,4,7-13H2,(H,20,23)(H,24,25). The molecule has 2 N–H and O–H groups in total. The molecule has 2 fully saturated rings. The van der Waals surface area contributed by atoms with Gasteiger partial charge in [0, 0.05) is 25.6 Å². The second-order valence-electron chi connectivity index (χ2n) is 7.03. The number of aliphatic carboxylic acids is 1. The number of amides is 2. The van der Waals surface area contributed by atoms with Gasteiger partial charge in [-0.3, -0.25) is 14.4 Å². The molecule has 1 aromatic carbocycles. The number of likely N-dealkylation sites (tertiary alicyclic amines) is 1. The molecule has 1 atom stereocenters. The Hall–Kier alpha value is -2.37. The van der Waals surface area contributed by atoms with Crippen molar-refractivity contribution in [1.82, 2.24) is 10.2 Å². The Labute approximate surface area is 147 Å². The van der Waals surface area contributed by atoms with E-state index in [2.05, 4.69) is 5.32 Å². The molecule has 1 heterocycles. The zero-order chi connectivity index (χ0) is 17.9. The molecule has 25 heavy (non-hydrogen) atoms. The zero-order valence-electron chi connectivity index (χ0n) is 14.2. The average Bonchev–Trinajstić information content (AvgIpc) is 3.00. The Morgan fingerprint density at radius 1 is 1.20 bits per heavy atom. The Balaban J connectivity index is 1.47. The third-order valence-electron chi connectivity index (χ3n) is 5.40. The van der Waals surface area contributed by atoms with Gasteiger partial charge in [-0.1, -0.05) is 36.8 Å². The van der Waals surface area contributed by atoms with Crippen molar-refractivity contribution in [3.8, 4) is 0 Å². The number of carbonyl (C=O) groups is 3. The first-order valence-electron chi connectivity index (χ1n) is 8.87. The summed E-state index contributed by atoms with van der Waals surface area (Å²) in [6.07, 6.45) is 3.41. The molecule has 1 unspecified atom stereocenters. The number of aryl methyl sites for hydroxylation is 1. The molecule has 1 aliphatic heterocycles. The summed E-state index contributed by atoms with van der Waals surface area (Å²) in [6, 6.07) is 9.73. The molecule has 1 aromatic rings. The summed E-state index contributed by atoms with van der Waals surface area (Å²) in [5.41, 5.74) is -0.113. The Kier molecular flexibility index (Phi) is 5.06. The van der Waals surface area contributed by atoms with Crippen molar-refractivity contribution in [3.05, 3.63) is 35.9 Å². The maximum absolute atomic E-state index is 12.3. The van der Waals surface area contributed by atoms with Gasteiger partial charge in [0.25, 0.3) is 0 Å². The fraction of sp³-hybridized carbons (Fsp3) is 0.526. The normalized spacial score (nSPS) is 21.4. The number of hydrogen-bond acceptors (Lipinski definition) is 3. The number of carbonyl (C=O) groups excluding carboxylic acids is 2. The highest BCUT2D eigenvalue weighted by molar-refractivity contribution is 6.03. The van der Waals surface area contributed by atoms with E-state index in [-0.39, 0.29) is 11.9 Å². The van der Waals surface area contributed by atoms with Crippen molar-refractivity contribution in [2.75, 3.05) is 13.1 Å². The van der Waals surface area contributed by atoms with Crippen molar-refractivity contribution in [1.29, 1.82) is 0 Å². The second-order valence-corrected chi connectivity index (χ2v) is 7.03. The third kappa shape index (κ3) is 3.67. The van der Waals surface area contributed by atoms with Crippen LogP contribution in [0, 0.1) is 5.41 Å². The Morgan fingerprint density at radius 2 is 1.92 bits per heavy atom. The largest absolute Gasteiger partial charge is 0.480 e. The van der Waals surface area contributed by atoms with E-state index in [9.17, 15) is 19.5 Å². The van der Waals surface area contributed by atoms with Crippen LogP contribution in [0.4, 0.5) is 0 Å². The topological polar surface area (TPSA) is 86.7 Å². The molecule has 6 heteroatoms. The van der Waals surface area contributed by atoms with Crippen LogP contribution in [-0.2, 0) is 20.8 Å². The summed E-state index contributed by atoms with van der Waals surface area (Å²) in [5, 5.41) is 12.2. The molecule has 2 amide bonds. The molecule has 134 valence electrons. The summed E-state index contributed by atoms with van der Waals surface area (Å²) in [6.45, 7) is 1.08. The highest BCUT2D eigenvalue weighted by atomic mass is 16.4. The van der Waals surface area contributed by atoms with Gasteiger partial charge in [-0.25, -0.2) is 0 Å². The Morgan fingerprint density at radius 3 is 2.52 bits per heavy atom. The van der Waals surface area contributed by atoms with Gasteiger partial charge < -0.3 is 15.3 Å². The van der Waals surface area contributed by atoms with E-state index < -0.39 is 17.3 Å². The van der Waals surface area contributed by atoms with Crippen molar-refractivity contribution in [3.63, 3.8) is 0 Å². The average molecular weight is 344 g/mol. The summed E-state index contributed by atoms with van der Waals surface area (Å²) >= 11 is 0. The first-order valence-corrected chi connectivity index (χ1v) is 8.87. The van der Waals surface area contributed by atoms with Gasteiger partial charge >= 0.3 is 5.97 Å². The van der Waals surface area contributed by atoms with E-state index in [0.29, 0.717) is 45.2 Å². The van der Waals surface area contributed by atoms with Gasteiger partial charge in [-0.05, 0) is 31.2 Å². The summed E-state index contributed by atoms with van der Waals surface area (Å²) < 4.78 is 0. The van der Waals surface area contributed by atoms with Gasteiger partial charge in [0.1, 0.15) is 5.41 Å². The molecule has 1 saturated heterocycles. The SMILES string of the molecule is O=C(CCc1ccccc1)N1CCC(NC(=O)C2(C(=O)O)CCC2)C1. The van der Waals surface area contributed by atoms with E-state index in [0.717, 1.165) is 12.0 Å². The minimum absolute atomic E-state index is 0.0807.